The zero-order chi connectivity index (χ0) is 15.1. The van der Waals surface area contributed by atoms with Crippen LogP contribution in [-0.4, -0.2) is 6.72 Å². The van der Waals surface area contributed by atoms with Gasteiger partial charge in [-0.05, 0) is 74.4 Å². The first kappa shape index (κ1) is 15.4. The van der Waals surface area contributed by atoms with Gasteiger partial charge >= 0.3 is 0 Å². The first-order valence-corrected chi connectivity index (χ1v) is 7.72. The average Bonchev–Trinajstić information content (AvgIpc) is 2.65. The lowest BCUT2D eigenvalue weighted by Gasteiger charge is -2.11. The van der Waals surface area contributed by atoms with Crippen LogP contribution in [0, 0.1) is 6.92 Å². The molecule has 0 aliphatic heterocycles. The van der Waals surface area contributed by atoms with E-state index in [-0.39, 0.29) is 0 Å². The smallest absolute Gasteiger partial charge is 0.0516 e. The van der Waals surface area contributed by atoms with Crippen molar-refractivity contribution in [2.24, 2.45) is 4.99 Å². The third kappa shape index (κ3) is 4.50. The highest BCUT2D eigenvalue weighted by molar-refractivity contribution is 7.97. The molecular formula is C18H20N2S. The third-order valence-electron chi connectivity index (χ3n) is 3.17. The molecule has 1 aliphatic rings. The summed E-state index contributed by atoms with van der Waals surface area (Å²) in [5.41, 5.74) is 4.75. The molecule has 1 aromatic carbocycles. The summed E-state index contributed by atoms with van der Waals surface area (Å²) in [4.78, 5) is 5.01. The van der Waals surface area contributed by atoms with Crippen LogP contribution in [0.2, 0.25) is 0 Å². The number of nitrogens with zero attached hydrogens (tertiary/aromatic N) is 1. The molecule has 0 fully saturated rings. The van der Waals surface area contributed by atoms with Crippen molar-refractivity contribution in [1.82, 2.24) is 4.72 Å². The van der Waals surface area contributed by atoms with Crippen LogP contribution >= 0.6 is 11.9 Å². The van der Waals surface area contributed by atoms with Gasteiger partial charge < -0.3 is 4.72 Å². The van der Waals surface area contributed by atoms with E-state index in [0.717, 1.165) is 17.7 Å². The molecule has 0 aromatic heterocycles. The Morgan fingerprint density at radius 1 is 1.33 bits per heavy atom. The van der Waals surface area contributed by atoms with Gasteiger partial charge in [-0.15, -0.1) is 0 Å². The molecule has 1 aromatic rings. The fraction of sp³-hybridized carbons (Fsp3) is 0.167. The summed E-state index contributed by atoms with van der Waals surface area (Å²) in [6, 6.07) is 8.45. The molecule has 21 heavy (non-hydrogen) atoms. The minimum absolute atomic E-state index is 0.949. The molecule has 0 heterocycles. The second-order valence-electron chi connectivity index (χ2n) is 4.87. The zero-order valence-electron chi connectivity index (χ0n) is 12.5. The van der Waals surface area contributed by atoms with Crippen molar-refractivity contribution in [1.29, 1.82) is 0 Å². The van der Waals surface area contributed by atoms with E-state index in [4.69, 9.17) is 0 Å². The Labute approximate surface area is 131 Å². The van der Waals surface area contributed by atoms with E-state index in [1.54, 1.807) is 18.1 Å². The molecule has 0 amide bonds. The molecule has 2 rings (SSSR count). The number of allylic oxidation sites excluding steroid dienone is 6. The van der Waals surface area contributed by atoms with Crippen molar-refractivity contribution in [3.8, 4) is 0 Å². The zero-order valence-corrected chi connectivity index (χ0v) is 13.3. The van der Waals surface area contributed by atoms with Crippen molar-refractivity contribution in [3.63, 3.8) is 0 Å². The predicted octanol–water partition coefficient (Wildman–Crippen LogP) is 4.97. The number of aryl methyl sites for hydroxylation is 1. The van der Waals surface area contributed by atoms with E-state index in [0.29, 0.717) is 0 Å². The first-order valence-electron chi connectivity index (χ1n) is 6.90. The average molecular weight is 296 g/mol. The molecule has 0 atom stereocenters. The quantitative estimate of drug-likeness (QED) is 0.613. The third-order valence-corrected chi connectivity index (χ3v) is 3.99. The molecule has 0 unspecified atom stereocenters. The molecule has 1 N–H and O–H groups in total. The standard InChI is InChI=1S/C18H20N2S/c1-14-7-6-9-16(13-14)21-20-18-10-5-4-8-15(2)17(18)11-12-19-3/h5-13,20H,3-4H2,1-2H3/b12-11-. The number of rotatable bonds is 5. The van der Waals surface area contributed by atoms with Crippen LogP contribution in [0.1, 0.15) is 18.9 Å². The van der Waals surface area contributed by atoms with Crippen LogP contribution in [-0.2, 0) is 0 Å². The summed E-state index contributed by atoms with van der Waals surface area (Å²) in [6.07, 6.45) is 11.2. The summed E-state index contributed by atoms with van der Waals surface area (Å²) in [5, 5.41) is 0. The van der Waals surface area contributed by atoms with Crippen molar-refractivity contribution in [3.05, 3.63) is 77.2 Å². The molecule has 108 valence electrons. The van der Waals surface area contributed by atoms with Crippen LogP contribution in [0.15, 0.2) is 81.5 Å². The molecule has 3 heteroatoms. The van der Waals surface area contributed by atoms with Crippen LogP contribution in [0.5, 0.6) is 0 Å². The Balaban J connectivity index is 2.22. The van der Waals surface area contributed by atoms with Crippen molar-refractivity contribution >= 4 is 18.7 Å². The van der Waals surface area contributed by atoms with Crippen LogP contribution in [0.3, 0.4) is 0 Å². The van der Waals surface area contributed by atoms with Crippen molar-refractivity contribution in [2.75, 3.05) is 0 Å². The normalized spacial score (nSPS) is 15.0. The highest BCUT2D eigenvalue weighted by Crippen LogP contribution is 2.24. The number of benzene rings is 1. The first-order chi connectivity index (χ1) is 10.2. The van der Waals surface area contributed by atoms with E-state index < -0.39 is 0 Å². The van der Waals surface area contributed by atoms with Crippen molar-refractivity contribution in [2.45, 2.75) is 25.2 Å². The molecule has 0 spiro atoms. The lowest BCUT2D eigenvalue weighted by Crippen LogP contribution is -2.04. The van der Waals surface area contributed by atoms with Crippen LogP contribution in [0.4, 0.5) is 0 Å². The summed E-state index contributed by atoms with van der Waals surface area (Å²) < 4.78 is 3.45. The topological polar surface area (TPSA) is 24.4 Å². The summed E-state index contributed by atoms with van der Waals surface area (Å²) in [7, 11) is 0. The van der Waals surface area contributed by atoms with Crippen molar-refractivity contribution < 1.29 is 0 Å². The molecule has 0 bridgehead atoms. The lowest BCUT2D eigenvalue weighted by atomic mass is 10.1. The maximum absolute atomic E-state index is 3.81. The molecule has 0 saturated carbocycles. The second-order valence-corrected chi connectivity index (χ2v) is 5.75. The number of hydrogen-bond donors (Lipinski definition) is 1. The SMILES string of the molecule is C=N/C=C\C1=C(NSc2cccc(C)c2)C=CCC=C1C. The Kier molecular flexibility index (Phi) is 5.64. The fourth-order valence-corrected chi connectivity index (χ4v) is 2.87. The summed E-state index contributed by atoms with van der Waals surface area (Å²) in [6.45, 7) is 7.72. The van der Waals surface area contributed by atoms with E-state index in [2.05, 4.69) is 72.8 Å². The van der Waals surface area contributed by atoms with Gasteiger partial charge in [-0.3, -0.25) is 4.99 Å². The minimum atomic E-state index is 0.949. The second kappa shape index (κ2) is 7.70. The van der Waals surface area contributed by atoms with E-state index in [1.807, 2.05) is 6.08 Å². The molecule has 0 radical (unpaired) electrons. The van der Waals surface area contributed by atoms with E-state index in [1.165, 1.54) is 16.0 Å². The lowest BCUT2D eigenvalue weighted by molar-refractivity contribution is 1.21. The molecule has 2 nitrogen and oxygen atoms in total. The van der Waals surface area contributed by atoms with Gasteiger partial charge in [-0.25, -0.2) is 0 Å². The van der Waals surface area contributed by atoms with Gasteiger partial charge in [0.05, 0.1) is 5.70 Å². The highest BCUT2D eigenvalue weighted by atomic mass is 32.2. The summed E-state index contributed by atoms with van der Waals surface area (Å²) >= 11 is 1.62. The monoisotopic (exact) mass is 296 g/mol. The van der Waals surface area contributed by atoms with E-state index >= 15 is 0 Å². The Bertz CT molecular complexity index is 636. The Morgan fingerprint density at radius 2 is 2.19 bits per heavy atom. The van der Waals surface area contributed by atoms with Crippen LogP contribution in [0.25, 0.3) is 0 Å². The maximum Gasteiger partial charge on any atom is 0.0516 e. The molecule has 0 saturated heterocycles. The number of hydrogen-bond acceptors (Lipinski definition) is 3. The predicted molar refractivity (Wildman–Crippen MR) is 93.4 cm³/mol. The van der Waals surface area contributed by atoms with Crippen LogP contribution < -0.4 is 4.72 Å². The Morgan fingerprint density at radius 3 is 2.95 bits per heavy atom. The molecular weight excluding hydrogens is 276 g/mol. The van der Waals surface area contributed by atoms with Gasteiger partial charge in [0.25, 0.3) is 0 Å². The van der Waals surface area contributed by atoms with Gasteiger partial charge in [-0.2, -0.15) is 0 Å². The van der Waals surface area contributed by atoms with Gasteiger partial charge in [0.2, 0.25) is 0 Å². The highest BCUT2D eigenvalue weighted by Gasteiger charge is 2.07. The maximum atomic E-state index is 3.81. The number of aliphatic imine (C=N–C) groups is 1. The fourth-order valence-electron chi connectivity index (χ4n) is 2.07. The Hall–Kier alpha value is -2.00. The van der Waals surface area contributed by atoms with Gasteiger partial charge in [0.15, 0.2) is 0 Å². The van der Waals surface area contributed by atoms with Gasteiger partial charge in [-0.1, -0.05) is 24.3 Å². The molecule has 1 aliphatic carbocycles. The summed E-state index contributed by atoms with van der Waals surface area (Å²) in [5.74, 6) is 0. The van der Waals surface area contributed by atoms with Gasteiger partial charge in [0, 0.05) is 16.7 Å². The minimum Gasteiger partial charge on any atom is -0.325 e. The number of nitrogens with one attached hydrogen (secondary N) is 1. The largest absolute Gasteiger partial charge is 0.325 e. The van der Waals surface area contributed by atoms with Gasteiger partial charge in [0.1, 0.15) is 0 Å². The van der Waals surface area contributed by atoms with E-state index in [9.17, 15) is 0 Å².